The van der Waals surface area contributed by atoms with E-state index in [1.807, 2.05) is 43.3 Å². The number of nitrogens with zero attached hydrogens (tertiary/aromatic N) is 3. The number of phenols is 1. The van der Waals surface area contributed by atoms with Gasteiger partial charge in [-0.25, -0.2) is 5.84 Å². The predicted molar refractivity (Wildman–Crippen MR) is 119 cm³/mol. The van der Waals surface area contributed by atoms with E-state index in [0.29, 0.717) is 33.8 Å². The highest BCUT2D eigenvalue weighted by Gasteiger charge is 2.26. The Morgan fingerprint density at radius 1 is 1.13 bits per heavy atom. The van der Waals surface area contributed by atoms with Crippen molar-refractivity contribution in [3.8, 4) is 11.5 Å². The highest BCUT2D eigenvalue weighted by molar-refractivity contribution is 6.35. The molecule has 0 aliphatic carbocycles. The molecule has 0 radical (unpaired) electrons. The maximum Gasteiger partial charge on any atom is 0.147 e. The van der Waals surface area contributed by atoms with E-state index in [1.165, 1.54) is 0 Å². The smallest absolute Gasteiger partial charge is 0.147 e. The summed E-state index contributed by atoms with van der Waals surface area (Å²) in [6, 6.07) is 16.0. The Labute approximate surface area is 179 Å². The molecule has 0 fully saturated rings. The van der Waals surface area contributed by atoms with Crippen molar-refractivity contribution in [2.24, 2.45) is 5.84 Å². The zero-order valence-electron chi connectivity index (χ0n) is 16.4. The van der Waals surface area contributed by atoms with Gasteiger partial charge in [-0.1, -0.05) is 23.7 Å². The van der Waals surface area contributed by atoms with E-state index in [9.17, 15) is 5.11 Å². The average molecular weight is 421 g/mol. The second-order valence-corrected chi connectivity index (χ2v) is 7.13. The Morgan fingerprint density at radius 3 is 2.60 bits per heavy atom. The average Bonchev–Trinajstić information content (AvgIpc) is 2.79. The van der Waals surface area contributed by atoms with Gasteiger partial charge in [0.2, 0.25) is 0 Å². The zero-order valence-corrected chi connectivity index (χ0v) is 17.1. The number of ether oxygens (including phenoxy) is 1. The normalized spacial score (nSPS) is 12.0. The van der Waals surface area contributed by atoms with Crippen LogP contribution in [-0.2, 0) is 0 Å². The molecule has 7 heteroatoms. The fraction of sp³-hybridized carbons (Fsp3) is 0.130. The molecule has 1 atom stereocenters. The zero-order chi connectivity index (χ0) is 21.1. The molecule has 30 heavy (non-hydrogen) atoms. The lowest BCUT2D eigenvalue weighted by Gasteiger charge is -2.31. The summed E-state index contributed by atoms with van der Waals surface area (Å²) in [7, 11) is 0. The van der Waals surface area contributed by atoms with Crippen molar-refractivity contribution < 1.29 is 9.84 Å². The molecule has 2 heterocycles. The number of rotatable bonds is 6. The number of anilines is 1. The highest BCUT2D eigenvalue weighted by Crippen LogP contribution is 2.41. The van der Waals surface area contributed by atoms with E-state index in [0.717, 1.165) is 11.3 Å². The van der Waals surface area contributed by atoms with Gasteiger partial charge < -0.3 is 9.84 Å². The van der Waals surface area contributed by atoms with Crippen molar-refractivity contribution in [2.45, 2.75) is 13.0 Å². The second-order valence-electron chi connectivity index (χ2n) is 6.72. The minimum absolute atomic E-state index is 0.0354. The van der Waals surface area contributed by atoms with Gasteiger partial charge >= 0.3 is 0 Å². The van der Waals surface area contributed by atoms with Gasteiger partial charge in [0, 0.05) is 23.3 Å². The minimum Gasteiger partial charge on any atom is -0.505 e. The third-order valence-corrected chi connectivity index (χ3v) is 5.18. The number of halogens is 1. The first kappa shape index (κ1) is 19.9. The minimum atomic E-state index is -0.534. The molecule has 0 saturated heterocycles. The molecule has 0 aliphatic rings. The van der Waals surface area contributed by atoms with Crippen molar-refractivity contribution in [1.29, 1.82) is 0 Å². The molecule has 2 aromatic carbocycles. The molecule has 3 N–H and O–H groups in total. The van der Waals surface area contributed by atoms with Crippen LogP contribution in [0.3, 0.4) is 0 Å². The number of hydrazine groups is 1. The van der Waals surface area contributed by atoms with Gasteiger partial charge in [0.05, 0.1) is 29.6 Å². The molecule has 1 unspecified atom stereocenters. The van der Waals surface area contributed by atoms with Gasteiger partial charge in [0.1, 0.15) is 17.0 Å². The van der Waals surface area contributed by atoms with Crippen LogP contribution in [0.5, 0.6) is 11.5 Å². The van der Waals surface area contributed by atoms with E-state index in [-0.39, 0.29) is 5.75 Å². The van der Waals surface area contributed by atoms with Gasteiger partial charge in [-0.15, -0.1) is 0 Å². The summed E-state index contributed by atoms with van der Waals surface area (Å²) < 4.78 is 5.56. The van der Waals surface area contributed by atoms with Crippen LogP contribution in [0.1, 0.15) is 24.1 Å². The number of benzene rings is 2. The summed E-state index contributed by atoms with van der Waals surface area (Å²) in [5.41, 5.74) is 2.51. The second kappa shape index (κ2) is 8.57. The SMILES string of the molecule is CCOc1ccc(C(c2cc(Cl)c3cccnc3c2O)N(N)c2cccnc2)cc1. The van der Waals surface area contributed by atoms with Crippen LogP contribution in [0, 0.1) is 0 Å². The molecule has 0 aliphatic heterocycles. The topological polar surface area (TPSA) is 84.5 Å². The van der Waals surface area contributed by atoms with Crippen LogP contribution in [0.2, 0.25) is 5.02 Å². The van der Waals surface area contributed by atoms with E-state index in [4.69, 9.17) is 22.2 Å². The van der Waals surface area contributed by atoms with Gasteiger partial charge in [0.25, 0.3) is 0 Å². The first-order valence-corrected chi connectivity index (χ1v) is 9.90. The third-order valence-electron chi connectivity index (χ3n) is 4.87. The summed E-state index contributed by atoms with van der Waals surface area (Å²) in [6.45, 7) is 2.51. The lowest BCUT2D eigenvalue weighted by atomic mass is 9.95. The van der Waals surface area contributed by atoms with Crippen molar-refractivity contribution in [3.05, 3.63) is 89.3 Å². The summed E-state index contributed by atoms with van der Waals surface area (Å²) >= 11 is 6.54. The molecular weight excluding hydrogens is 400 g/mol. The van der Waals surface area contributed by atoms with Crippen molar-refractivity contribution in [2.75, 3.05) is 11.6 Å². The fourth-order valence-electron chi connectivity index (χ4n) is 3.47. The monoisotopic (exact) mass is 420 g/mol. The van der Waals surface area contributed by atoms with E-state index in [2.05, 4.69) is 9.97 Å². The quantitative estimate of drug-likeness (QED) is 0.342. The van der Waals surface area contributed by atoms with Crippen molar-refractivity contribution in [1.82, 2.24) is 9.97 Å². The molecule has 0 saturated carbocycles. The molecular formula is C23H21ClN4O2. The first-order chi connectivity index (χ1) is 14.6. The maximum atomic E-state index is 11.1. The van der Waals surface area contributed by atoms with Crippen LogP contribution in [-0.4, -0.2) is 21.7 Å². The Bertz CT molecular complexity index is 1150. The molecule has 152 valence electrons. The Balaban J connectivity index is 1.89. The molecule has 0 amide bonds. The van der Waals surface area contributed by atoms with E-state index >= 15 is 0 Å². The summed E-state index contributed by atoms with van der Waals surface area (Å²) in [4.78, 5) is 8.48. The summed E-state index contributed by atoms with van der Waals surface area (Å²) in [5.74, 6) is 7.34. The Kier molecular flexibility index (Phi) is 5.70. The molecule has 0 bridgehead atoms. The number of aromatic hydroxyl groups is 1. The molecule has 0 spiro atoms. The van der Waals surface area contributed by atoms with E-state index in [1.54, 1.807) is 41.8 Å². The van der Waals surface area contributed by atoms with Gasteiger partial charge in [-0.2, -0.15) is 0 Å². The predicted octanol–water partition coefficient (Wildman–Crippen LogP) is 4.86. The number of fused-ring (bicyclic) bond motifs is 1. The number of nitrogens with two attached hydrogens (primary N) is 1. The van der Waals surface area contributed by atoms with Crippen LogP contribution in [0.25, 0.3) is 10.9 Å². The van der Waals surface area contributed by atoms with Crippen molar-refractivity contribution in [3.63, 3.8) is 0 Å². The largest absolute Gasteiger partial charge is 0.505 e. The molecule has 4 rings (SSSR count). The van der Waals surface area contributed by atoms with Crippen LogP contribution in [0.4, 0.5) is 5.69 Å². The Hall–Kier alpha value is -3.35. The fourth-order valence-corrected chi connectivity index (χ4v) is 3.74. The van der Waals surface area contributed by atoms with Crippen LogP contribution < -0.4 is 15.6 Å². The molecule has 4 aromatic rings. The third kappa shape index (κ3) is 3.75. The van der Waals surface area contributed by atoms with Crippen LogP contribution in [0.15, 0.2) is 73.2 Å². The highest BCUT2D eigenvalue weighted by atomic mass is 35.5. The van der Waals surface area contributed by atoms with E-state index < -0.39 is 6.04 Å². The lowest BCUT2D eigenvalue weighted by Crippen LogP contribution is -2.36. The lowest BCUT2D eigenvalue weighted by molar-refractivity contribution is 0.340. The standard InChI is InChI=1S/C23H21ClN4O2/c1-2-30-17-9-7-15(8-10-17)22(28(25)16-5-3-11-26-14-16)19-13-20(24)18-6-4-12-27-21(18)23(19)29/h3-14,22,29H,2,25H2,1H3. The van der Waals surface area contributed by atoms with Crippen molar-refractivity contribution >= 4 is 28.2 Å². The summed E-state index contributed by atoms with van der Waals surface area (Å²) in [5, 5.41) is 13.8. The molecule has 2 aromatic heterocycles. The van der Waals surface area contributed by atoms with Gasteiger partial charge in [-0.3, -0.25) is 15.0 Å². The molecule has 6 nitrogen and oxygen atoms in total. The van der Waals surface area contributed by atoms with Gasteiger partial charge in [0.15, 0.2) is 0 Å². The number of pyridine rings is 2. The number of hydrogen-bond donors (Lipinski definition) is 2. The number of aromatic nitrogens is 2. The van der Waals surface area contributed by atoms with Crippen LogP contribution >= 0.6 is 11.6 Å². The summed E-state index contributed by atoms with van der Waals surface area (Å²) in [6.07, 6.45) is 4.96. The number of phenolic OH excluding ortho intramolecular Hbond substituents is 1. The van der Waals surface area contributed by atoms with Gasteiger partial charge in [-0.05, 0) is 55.0 Å². The maximum absolute atomic E-state index is 11.1. The first-order valence-electron chi connectivity index (χ1n) is 9.53. The number of hydrogen-bond acceptors (Lipinski definition) is 6. The Morgan fingerprint density at radius 2 is 1.90 bits per heavy atom.